The van der Waals surface area contributed by atoms with Crippen LogP contribution in [-0.4, -0.2) is 35.5 Å². The van der Waals surface area contributed by atoms with Crippen LogP contribution in [0.2, 0.25) is 0 Å². The lowest BCUT2D eigenvalue weighted by Gasteiger charge is -2.32. The molecule has 3 rings (SSSR count). The van der Waals surface area contributed by atoms with Crippen molar-refractivity contribution < 1.29 is 9.53 Å². The second-order valence-corrected chi connectivity index (χ2v) is 6.85. The van der Waals surface area contributed by atoms with Gasteiger partial charge < -0.3 is 15.4 Å². The SMILES string of the molecule is NCc1nc(C(=O)N2CCOC(c3cccc(Br)c3)C2)cs1. The minimum Gasteiger partial charge on any atom is -0.370 e. The van der Waals surface area contributed by atoms with Crippen LogP contribution < -0.4 is 5.73 Å². The van der Waals surface area contributed by atoms with Gasteiger partial charge in [-0.05, 0) is 17.7 Å². The van der Waals surface area contributed by atoms with Gasteiger partial charge in [0.15, 0.2) is 0 Å². The van der Waals surface area contributed by atoms with Gasteiger partial charge in [-0.3, -0.25) is 4.79 Å². The molecule has 1 unspecified atom stereocenters. The normalized spacial score (nSPS) is 18.5. The van der Waals surface area contributed by atoms with Gasteiger partial charge in [-0.2, -0.15) is 0 Å². The van der Waals surface area contributed by atoms with Gasteiger partial charge in [0.1, 0.15) is 16.8 Å². The summed E-state index contributed by atoms with van der Waals surface area (Å²) < 4.78 is 6.81. The topological polar surface area (TPSA) is 68.5 Å². The number of carbonyl (C=O) groups excluding carboxylic acids is 1. The first-order valence-corrected chi connectivity index (χ1v) is 8.65. The Bertz CT molecular complexity index is 676. The zero-order chi connectivity index (χ0) is 15.5. The third-order valence-corrected chi connectivity index (χ3v) is 4.88. The monoisotopic (exact) mass is 381 g/mol. The summed E-state index contributed by atoms with van der Waals surface area (Å²) in [4.78, 5) is 18.6. The molecular weight excluding hydrogens is 366 g/mol. The van der Waals surface area contributed by atoms with Crippen molar-refractivity contribution in [3.8, 4) is 0 Å². The standard InChI is InChI=1S/C15H16BrN3O2S/c16-11-3-1-2-10(6-11)13-8-19(4-5-21-13)15(20)12-9-22-14(7-17)18-12/h1-3,6,9,13H,4-5,7-8,17H2. The predicted octanol–water partition coefficient (Wildman–Crippen LogP) is 2.58. The summed E-state index contributed by atoms with van der Waals surface area (Å²) in [5.41, 5.74) is 7.09. The van der Waals surface area contributed by atoms with Crippen molar-refractivity contribution in [1.29, 1.82) is 0 Å². The Morgan fingerprint density at radius 3 is 3.14 bits per heavy atom. The minimum absolute atomic E-state index is 0.0563. The van der Waals surface area contributed by atoms with E-state index in [-0.39, 0.29) is 12.0 Å². The summed E-state index contributed by atoms with van der Waals surface area (Å²) in [6, 6.07) is 7.98. The van der Waals surface area contributed by atoms with Gasteiger partial charge >= 0.3 is 0 Å². The zero-order valence-corrected chi connectivity index (χ0v) is 14.3. The Balaban J connectivity index is 1.73. The van der Waals surface area contributed by atoms with Crippen LogP contribution >= 0.6 is 27.3 Å². The number of hydrogen-bond acceptors (Lipinski definition) is 5. The van der Waals surface area contributed by atoms with Gasteiger partial charge in [0.25, 0.3) is 5.91 Å². The Morgan fingerprint density at radius 1 is 1.55 bits per heavy atom. The van der Waals surface area contributed by atoms with E-state index < -0.39 is 0 Å². The quantitative estimate of drug-likeness (QED) is 0.886. The molecule has 2 N–H and O–H groups in total. The molecule has 0 bridgehead atoms. The van der Waals surface area contributed by atoms with Crippen molar-refractivity contribution >= 4 is 33.2 Å². The van der Waals surface area contributed by atoms with Gasteiger partial charge in [0, 0.05) is 22.9 Å². The third kappa shape index (κ3) is 3.38. The van der Waals surface area contributed by atoms with E-state index in [2.05, 4.69) is 20.9 Å². The Hall–Kier alpha value is -1.28. The molecule has 7 heteroatoms. The molecule has 1 aromatic heterocycles. The minimum atomic E-state index is -0.109. The number of thiazole rings is 1. The maximum absolute atomic E-state index is 12.5. The lowest BCUT2D eigenvalue weighted by Crippen LogP contribution is -2.42. The largest absolute Gasteiger partial charge is 0.370 e. The summed E-state index contributed by atoms with van der Waals surface area (Å²) in [7, 11) is 0. The molecule has 0 aliphatic carbocycles. The summed E-state index contributed by atoms with van der Waals surface area (Å²) in [5.74, 6) is -0.0563. The summed E-state index contributed by atoms with van der Waals surface area (Å²) >= 11 is 4.88. The average Bonchev–Trinajstić information content (AvgIpc) is 3.03. The number of rotatable bonds is 3. The van der Waals surface area contributed by atoms with E-state index in [4.69, 9.17) is 10.5 Å². The van der Waals surface area contributed by atoms with Crippen molar-refractivity contribution in [2.45, 2.75) is 12.6 Å². The van der Waals surface area contributed by atoms with Gasteiger partial charge in [-0.15, -0.1) is 11.3 Å². The lowest BCUT2D eigenvalue weighted by molar-refractivity contribution is -0.0230. The van der Waals surface area contributed by atoms with Gasteiger partial charge in [-0.25, -0.2) is 4.98 Å². The maximum atomic E-state index is 12.5. The van der Waals surface area contributed by atoms with Crippen LogP contribution in [0, 0.1) is 0 Å². The van der Waals surface area contributed by atoms with Crippen molar-refractivity contribution in [1.82, 2.24) is 9.88 Å². The molecule has 22 heavy (non-hydrogen) atoms. The van der Waals surface area contributed by atoms with Crippen molar-refractivity contribution in [3.63, 3.8) is 0 Å². The molecule has 2 heterocycles. The van der Waals surface area contributed by atoms with E-state index >= 15 is 0 Å². The maximum Gasteiger partial charge on any atom is 0.273 e. The first-order valence-electron chi connectivity index (χ1n) is 6.98. The van der Waals surface area contributed by atoms with Crippen LogP contribution in [0.3, 0.4) is 0 Å². The Kier molecular flexibility index (Phi) is 4.87. The van der Waals surface area contributed by atoms with E-state index in [0.717, 1.165) is 15.0 Å². The van der Waals surface area contributed by atoms with Crippen molar-refractivity contribution in [2.75, 3.05) is 19.7 Å². The predicted molar refractivity (Wildman–Crippen MR) is 88.7 cm³/mol. The molecule has 1 fully saturated rings. The molecule has 0 radical (unpaired) electrons. The fourth-order valence-electron chi connectivity index (χ4n) is 2.41. The number of ether oxygens (including phenoxy) is 1. The highest BCUT2D eigenvalue weighted by Gasteiger charge is 2.27. The molecule has 2 aromatic rings. The Morgan fingerprint density at radius 2 is 2.41 bits per heavy atom. The highest BCUT2D eigenvalue weighted by Crippen LogP contribution is 2.25. The molecule has 0 saturated carbocycles. The van der Waals surface area contributed by atoms with Crippen LogP contribution in [0.1, 0.15) is 27.2 Å². The summed E-state index contributed by atoms with van der Waals surface area (Å²) in [5, 5.41) is 2.55. The fraction of sp³-hybridized carbons (Fsp3) is 0.333. The molecular formula is C15H16BrN3O2S. The van der Waals surface area contributed by atoms with E-state index in [1.807, 2.05) is 24.3 Å². The van der Waals surface area contributed by atoms with Crippen LogP contribution in [0.5, 0.6) is 0 Å². The molecule has 1 amide bonds. The third-order valence-electron chi connectivity index (χ3n) is 3.52. The van der Waals surface area contributed by atoms with Gasteiger partial charge in [0.05, 0.1) is 13.2 Å². The smallest absolute Gasteiger partial charge is 0.273 e. The van der Waals surface area contributed by atoms with E-state index in [9.17, 15) is 4.79 Å². The number of morpholine rings is 1. The average molecular weight is 382 g/mol. The van der Waals surface area contributed by atoms with Crippen molar-refractivity contribution in [2.24, 2.45) is 5.73 Å². The summed E-state index contributed by atoms with van der Waals surface area (Å²) in [6.45, 7) is 2.00. The number of hydrogen-bond donors (Lipinski definition) is 1. The molecule has 1 aromatic carbocycles. The van der Waals surface area contributed by atoms with Crippen LogP contribution in [-0.2, 0) is 11.3 Å². The molecule has 116 valence electrons. The van der Waals surface area contributed by atoms with Crippen LogP contribution in [0.25, 0.3) is 0 Å². The number of halogens is 1. The van der Waals surface area contributed by atoms with E-state index in [1.165, 1.54) is 11.3 Å². The molecule has 1 aliphatic heterocycles. The lowest BCUT2D eigenvalue weighted by atomic mass is 10.1. The van der Waals surface area contributed by atoms with E-state index in [1.54, 1.807) is 10.3 Å². The molecule has 5 nitrogen and oxygen atoms in total. The summed E-state index contributed by atoms with van der Waals surface area (Å²) in [6.07, 6.45) is -0.109. The second kappa shape index (κ2) is 6.87. The first kappa shape index (κ1) is 15.6. The second-order valence-electron chi connectivity index (χ2n) is 5.00. The highest BCUT2D eigenvalue weighted by atomic mass is 79.9. The number of amides is 1. The number of benzene rings is 1. The molecule has 1 saturated heterocycles. The molecule has 1 atom stereocenters. The molecule has 0 spiro atoms. The zero-order valence-electron chi connectivity index (χ0n) is 11.9. The van der Waals surface area contributed by atoms with Gasteiger partial charge in [-0.1, -0.05) is 28.1 Å². The molecule has 1 aliphatic rings. The first-order chi connectivity index (χ1) is 10.7. The van der Waals surface area contributed by atoms with Gasteiger partial charge in [0.2, 0.25) is 0 Å². The van der Waals surface area contributed by atoms with Crippen LogP contribution in [0.4, 0.5) is 0 Å². The highest BCUT2D eigenvalue weighted by molar-refractivity contribution is 9.10. The number of nitrogens with zero attached hydrogens (tertiary/aromatic N) is 2. The van der Waals surface area contributed by atoms with Crippen LogP contribution in [0.15, 0.2) is 34.1 Å². The van der Waals surface area contributed by atoms with Crippen molar-refractivity contribution in [3.05, 3.63) is 50.4 Å². The number of nitrogens with two attached hydrogens (primary N) is 1. The number of carbonyl (C=O) groups is 1. The fourth-order valence-corrected chi connectivity index (χ4v) is 3.47. The number of aromatic nitrogens is 1. The van der Waals surface area contributed by atoms with E-state index in [0.29, 0.717) is 31.9 Å². The Labute approximate surface area is 141 Å².